The number of hydrogen-bond acceptors (Lipinski definition) is 3. The van der Waals surface area contributed by atoms with Gasteiger partial charge in [-0.2, -0.15) is 25.8 Å². The van der Waals surface area contributed by atoms with Crippen molar-refractivity contribution in [3.05, 3.63) is 70.8 Å². The molecule has 0 aliphatic rings. The molecule has 6 heteroatoms. The van der Waals surface area contributed by atoms with E-state index in [-0.39, 0.29) is 13.0 Å². The van der Waals surface area contributed by atoms with Gasteiger partial charge in [-0.3, -0.25) is 4.79 Å². The van der Waals surface area contributed by atoms with E-state index < -0.39 is 17.7 Å². The minimum absolute atomic E-state index is 0.0626. The van der Waals surface area contributed by atoms with Crippen LogP contribution in [0.1, 0.15) is 22.3 Å². The number of rotatable bonds is 5. The van der Waals surface area contributed by atoms with Gasteiger partial charge in [0.2, 0.25) is 0 Å². The molecule has 0 saturated carbocycles. The van der Waals surface area contributed by atoms with Crippen LogP contribution in [0.15, 0.2) is 48.5 Å². The Morgan fingerprint density at radius 2 is 1.43 bits per heavy atom. The molecule has 0 aliphatic heterocycles. The van der Waals surface area contributed by atoms with Crippen molar-refractivity contribution in [1.29, 1.82) is 0 Å². The van der Waals surface area contributed by atoms with E-state index in [1.807, 2.05) is 24.3 Å². The predicted molar refractivity (Wildman–Crippen MR) is 84.1 cm³/mol. The predicted octanol–water partition coefficient (Wildman–Crippen LogP) is 4.42. The second-order valence-corrected chi connectivity index (χ2v) is 5.32. The van der Waals surface area contributed by atoms with E-state index in [0.717, 1.165) is 23.3 Å². The van der Waals surface area contributed by atoms with Crippen LogP contribution in [0.4, 0.5) is 13.2 Å². The normalized spacial score (nSPS) is 11.3. The summed E-state index contributed by atoms with van der Waals surface area (Å²) in [5, 5.41) is 0. The summed E-state index contributed by atoms with van der Waals surface area (Å²) in [6.07, 6.45) is -4.44. The maximum Gasteiger partial charge on any atom is 0.416 e. The molecule has 2 aromatic rings. The smallest absolute Gasteiger partial charge is 0.416 e. The summed E-state index contributed by atoms with van der Waals surface area (Å²) in [7, 11) is 0. The van der Waals surface area contributed by atoms with Crippen molar-refractivity contribution in [3.8, 4) is 0 Å². The third-order valence-corrected chi connectivity index (χ3v) is 3.60. The monoisotopic (exact) mass is 340 g/mol. The molecule has 0 unspecified atom stereocenters. The molecule has 0 atom stereocenters. The fourth-order valence-electron chi connectivity index (χ4n) is 1.93. The standard InChI is InChI=1S/C17H15F3O2S/c18-17(19,20)15-7-5-12(6-8-15)9-16(21)22-10-13-1-3-14(11-23)4-2-13/h1-8,23H,9-11H2. The van der Waals surface area contributed by atoms with Crippen molar-refractivity contribution in [3.63, 3.8) is 0 Å². The average Bonchev–Trinajstić information content (AvgIpc) is 2.53. The lowest BCUT2D eigenvalue weighted by Gasteiger charge is -2.08. The van der Waals surface area contributed by atoms with E-state index in [0.29, 0.717) is 11.3 Å². The lowest BCUT2D eigenvalue weighted by atomic mass is 10.1. The van der Waals surface area contributed by atoms with Gasteiger partial charge >= 0.3 is 12.1 Å². The number of thiol groups is 1. The van der Waals surface area contributed by atoms with Gasteiger partial charge < -0.3 is 4.74 Å². The van der Waals surface area contributed by atoms with E-state index in [2.05, 4.69) is 12.6 Å². The van der Waals surface area contributed by atoms with Crippen LogP contribution in [0.25, 0.3) is 0 Å². The van der Waals surface area contributed by atoms with Gasteiger partial charge in [0.05, 0.1) is 12.0 Å². The summed E-state index contributed by atoms with van der Waals surface area (Å²) in [6, 6.07) is 12.0. The Hall–Kier alpha value is -1.95. The number of carbonyl (C=O) groups is 1. The highest BCUT2D eigenvalue weighted by atomic mass is 32.1. The highest BCUT2D eigenvalue weighted by Crippen LogP contribution is 2.29. The molecular formula is C17H15F3O2S. The zero-order valence-corrected chi connectivity index (χ0v) is 13.0. The molecule has 0 aliphatic carbocycles. The molecule has 0 bridgehead atoms. The van der Waals surface area contributed by atoms with Crippen LogP contribution >= 0.6 is 12.6 Å². The van der Waals surface area contributed by atoms with Gasteiger partial charge in [-0.1, -0.05) is 36.4 Å². The number of esters is 1. The van der Waals surface area contributed by atoms with E-state index in [1.54, 1.807) is 0 Å². The van der Waals surface area contributed by atoms with Gasteiger partial charge in [-0.05, 0) is 28.8 Å². The van der Waals surface area contributed by atoms with Gasteiger partial charge in [0, 0.05) is 5.75 Å². The fourth-order valence-corrected chi connectivity index (χ4v) is 2.14. The second kappa shape index (κ2) is 7.55. The van der Waals surface area contributed by atoms with E-state index >= 15 is 0 Å². The number of benzene rings is 2. The molecule has 122 valence electrons. The summed E-state index contributed by atoms with van der Waals surface area (Å²) in [5.41, 5.74) is 1.65. The number of carbonyl (C=O) groups excluding carboxylic acids is 1. The first kappa shape index (κ1) is 17.4. The molecule has 2 aromatic carbocycles. The number of ether oxygens (including phenoxy) is 1. The van der Waals surface area contributed by atoms with E-state index in [4.69, 9.17) is 4.74 Å². The third kappa shape index (κ3) is 5.32. The van der Waals surface area contributed by atoms with Crippen LogP contribution in [0, 0.1) is 0 Å². The molecule has 0 spiro atoms. The zero-order valence-electron chi connectivity index (χ0n) is 12.1. The van der Waals surface area contributed by atoms with Gasteiger partial charge in [-0.15, -0.1) is 0 Å². The summed E-state index contributed by atoms with van der Waals surface area (Å²) < 4.78 is 42.5. The SMILES string of the molecule is O=C(Cc1ccc(C(F)(F)F)cc1)OCc1ccc(CS)cc1. The van der Waals surface area contributed by atoms with E-state index in [9.17, 15) is 18.0 Å². The Morgan fingerprint density at radius 1 is 0.913 bits per heavy atom. The largest absolute Gasteiger partial charge is 0.461 e. The first-order chi connectivity index (χ1) is 10.9. The van der Waals surface area contributed by atoms with Gasteiger partial charge in [0.25, 0.3) is 0 Å². The van der Waals surface area contributed by atoms with Crippen molar-refractivity contribution in [2.24, 2.45) is 0 Å². The first-order valence-corrected chi connectivity index (χ1v) is 7.52. The Kier molecular flexibility index (Phi) is 5.71. The van der Waals surface area contributed by atoms with Crippen molar-refractivity contribution >= 4 is 18.6 Å². The second-order valence-electron chi connectivity index (χ2n) is 5.01. The highest BCUT2D eigenvalue weighted by Gasteiger charge is 2.29. The maximum absolute atomic E-state index is 12.4. The molecule has 0 saturated heterocycles. The molecule has 23 heavy (non-hydrogen) atoms. The average molecular weight is 340 g/mol. The Morgan fingerprint density at radius 3 is 1.96 bits per heavy atom. The van der Waals surface area contributed by atoms with Crippen LogP contribution in [0.2, 0.25) is 0 Å². The van der Waals surface area contributed by atoms with Crippen LogP contribution < -0.4 is 0 Å². The van der Waals surface area contributed by atoms with Crippen molar-refractivity contribution in [2.45, 2.75) is 25.0 Å². The number of halogens is 3. The summed E-state index contributed by atoms with van der Waals surface area (Å²) in [6.45, 7) is 0.131. The lowest BCUT2D eigenvalue weighted by Crippen LogP contribution is -2.09. The molecule has 0 amide bonds. The summed E-state index contributed by atoms with van der Waals surface area (Å²) in [5.74, 6) is 0.150. The minimum Gasteiger partial charge on any atom is -0.461 e. The lowest BCUT2D eigenvalue weighted by molar-refractivity contribution is -0.144. The highest BCUT2D eigenvalue weighted by molar-refractivity contribution is 7.79. The van der Waals surface area contributed by atoms with Crippen molar-refractivity contribution in [2.75, 3.05) is 0 Å². The number of hydrogen-bond donors (Lipinski definition) is 1. The molecule has 2 nitrogen and oxygen atoms in total. The maximum atomic E-state index is 12.4. The molecule has 0 radical (unpaired) electrons. The number of alkyl halides is 3. The van der Waals surface area contributed by atoms with Crippen LogP contribution in [0.3, 0.4) is 0 Å². The molecule has 2 rings (SSSR count). The molecule has 0 fully saturated rings. The topological polar surface area (TPSA) is 26.3 Å². The van der Waals surface area contributed by atoms with Crippen LogP contribution in [0.5, 0.6) is 0 Å². The summed E-state index contributed by atoms with van der Waals surface area (Å²) in [4.78, 5) is 11.7. The molecular weight excluding hydrogens is 325 g/mol. The van der Waals surface area contributed by atoms with Crippen molar-refractivity contribution < 1.29 is 22.7 Å². The summed E-state index contributed by atoms with van der Waals surface area (Å²) >= 11 is 4.15. The van der Waals surface area contributed by atoms with Gasteiger partial charge in [-0.25, -0.2) is 0 Å². The Bertz CT molecular complexity index is 649. The fraction of sp³-hybridized carbons (Fsp3) is 0.235. The Balaban J connectivity index is 1.86. The third-order valence-electron chi connectivity index (χ3n) is 3.24. The first-order valence-electron chi connectivity index (χ1n) is 6.89. The zero-order chi connectivity index (χ0) is 16.9. The Labute approximate surface area is 137 Å². The van der Waals surface area contributed by atoms with Gasteiger partial charge in [0.15, 0.2) is 0 Å². The molecule has 0 N–H and O–H groups in total. The van der Waals surface area contributed by atoms with Crippen LogP contribution in [-0.2, 0) is 34.5 Å². The van der Waals surface area contributed by atoms with Crippen molar-refractivity contribution in [1.82, 2.24) is 0 Å². The molecule has 0 aromatic heterocycles. The molecule has 0 heterocycles. The van der Waals surface area contributed by atoms with Crippen LogP contribution in [-0.4, -0.2) is 5.97 Å². The quantitative estimate of drug-likeness (QED) is 0.644. The van der Waals surface area contributed by atoms with Gasteiger partial charge in [0.1, 0.15) is 6.61 Å². The van der Waals surface area contributed by atoms with E-state index in [1.165, 1.54) is 12.1 Å². The minimum atomic E-state index is -4.38.